The van der Waals surface area contributed by atoms with E-state index in [-0.39, 0.29) is 6.04 Å². The van der Waals surface area contributed by atoms with E-state index in [0.29, 0.717) is 5.92 Å². The third kappa shape index (κ3) is 3.90. The first-order valence-electron chi connectivity index (χ1n) is 5.32. The Kier molecular flexibility index (Phi) is 4.59. The second-order valence-corrected chi connectivity index (χ2v) is 4.16. The van der Waals surface area contributed by atoms with Gasteiger partial charge in [0.2, 0.25) is 0 Å². The Hall–Kier alpha value is -1.06. The standard InChI is InChI=1S/C12H20N2O/c1-9(2)8-15-12-6-4-11(5-7-12)10(3)14-13/h4-7,9-10,14H,8,13H2,1-3H3. The summed E-state index contributed by atoms with van der Waals surface area (Å²) in [5.41, 5.74) is 3.87. The van der Waals surface area contributed by atoms with Crippen molar-refractivity contribution in [1.29, 1.82) is 0 Å². The van der Waals surface area contributed by atoms with Crippen LogP contribution in [0.2, 0.25) is 0 Å². The average Bonchev–Trinajstić information content (AvgIpc) is 2.26. The van der Waals surface area contributed by atoms with E-state index < -0.39 is 0 Å². The first kappa shape index (κ1) is 12.0. The summed E-state index contributed by atoms with van der Waals surface area (Å²) in [7, 11) is 0. The molecule has 0 saturated heterocycles. The molecule has 1 aromatic carbocycles. The predicted octanol–water partition coefficient (Wildman–Crippen LogP) is 2.25. The molecule has 0 spiro atoms. The number of hydrazine groups is 1. The Bertz CT molecular complexity index is 282. The Balaban J connectivity index is 2.56. The third-order valence-corrected chi connectivity index (χ3v) is 2.21. The number of nitrogens with two attached hydrogens (primary N) is 1. The summed E-state index contributed by atoms with van der Waals surface area (Å²) in [6, 6.07) is 8.18. The van der Waals surface area contributed by atoms with Crippen molar-refractivity contribution in [3.8, 4) is 5.75 Å². The van der Waals surface area contributed by atoms with Gasteiger partial charge in [0.1, 0.15) is 5.75 Å². The molecule has 1 atom stereocenters. The van der Waals surface area contributed by atoms with Crippen LogP contribution in [0.15, 0.2) is 24.3 Å². The van der Waals surface area contributed by atoms with Crippen LogP contribution in [0.3, 0.4) is 0 Å². The monoisotopic (exact) mass is 208 g/mol. The van der Waals surface area contributed by atoms with E-state index in [4.69, 9.17) is 10.6 Å². The zero-order valence-electron chi connectivity index (χ0n) is 9.66. The summed E-state index contributed by atoms with van der Waals surface area (Å²) in [5.74, 6) is 6.82. The SMILES string of the molecule is CC(C)COc1ccc(C(C)NN)cc1. The summed E-state index contributed by atoms with van der Waals surface area (Å²) in [6.45, 7) is 7.04. The lowest BCUT2D eigenvalue weighted by atomic mass is 10.1. The molecule has 0 aliphatic rings. The van der Waals surface area contributed by atoms with Crippen LogP contribution in [0.4, 0.5) is 0 Å². The smallest absolute Gasteiger partial charge is 0.119 e. The van der Waals surface area contributed by atoms with Crippen LogP contribution in [0, 0.1) is 5.92 Å². The molecule has 0 fully saturated rings. The lowest BCUT2D eigenvalue weighted by Gasteiger charge is -2.12. The van der Waals surface area contributed by atoms with Gasteiger partial charge in [-0.2, -0.15) is 0 Å². The maximum absolute atomic E-state index is 5.58. The van der Waals surface area contributed by atoms with Crippen molar-refractivity contribution in [3.05, 3.63) is 29.8 Å². The molecule has 3 N–H and O–H groups in total. The molecule has 1 unspecified atom stereocenters. The Morgan fingerprint density at radius 2 is 1.80 bits per heavy atom. The zero-order valence-corrected chi connectivity index (χ0v) is 9.66. The number of rotatable bonds is 5. The average molecular weight is 208 g/mol. The summed E-state index contributed by atoms with van der Waals surface area (Å²) in [4.78, 5) is 0. The van der Waals surface area contributed by atoms with E-state index in [2.05, 4.69) is 19.3 Å². The fraction of sp³-hybridized carbons (Fsp3) is 0.500. The normalized spacial score (nSPS) is 12.9. The molecular formula is C12H20N2O. The molecule has 0 bridgehead atoms. The van der Waals surface area contributed by atoms with Gasteiger partial charge in [-0.25, -0.2) is 0 Å². The van der Waals surface area contributed by atoms with Gasteiger partial charge in [-0.1, -0.05) is 26.0 Å². The molecule has 0 aliphatic heterocycles. The number of nitrogens with one attached hydrogen (secondary N) is 1. The first-order chi connectivity index (χ1) is 7.13. The van der Waals surface area contributed by atoms with Crippen LogP contribution in [-0.2, 0) is 0 Å². The van der Waals surface area contributed by atoms with E-state index in [1.54, 1.807) is 0 Å². The molecule has 0 radical (unpaired) electrons. The van der Waals surface area contributed by atoms with Crippen LogP contribution in [0.25, 0.3) is 0 Å². The molecule has 0 amide bonds. The van der Waals surface area contributed by atoms with Crippen molar-refractivity contribution >= 4 is 0 Å². The van der Waals surface area contributed by atoms with Crippen molar-refractivity contribution in [3.63, 3.8) is 0 Å². The second kappa shape index (κ2) is 5.73. The van der Waals surface area contributed by atoms with Crippen LogP contribution in [0.5, 0.6) is 5.75 Å². The van der Waals surface area contributed by atoms with Gasteiger partial charge in [0, 0.05) is 6.04 Å². The van der Waals surface area contributed by atoms with E-state index in [1.165, 1.54) is 0 Å². The highest BCUT2D eigenvalue weighted by Gasteiger charge is 2.02. The molecule has 3 heteroatoms. The summed E-state index contributed by atoms with van der Waals surface area (Å²) >= 11 is 0. The highest BCUT2D eigenvalue weighted by Crippen LogP contribution is 2.17. The molecule has 3 nitrogen and oxygen atoms in total. The molecule has 1 rings (SSSR count). The molecule has 0 saturated carbocycles. The molecule has 1 aromatic rings. The maximum atomic E-state index is 5.58. The molecule has 0 aliphatic carbocycles. The number of hydrogen-bond donors (Lipinski definition) is 2. The van der Waals surface area contributed by atoms with Crippen LogP contribution in [0.1, 0.15) is 32.4 Å². The Morgan fingerprint density at radius 1 is 1.20 bits per heavy atom. The van der Waals surface area contributed by atoms with Gasteiger partial charge < -0.3 is 4.74 Å². The van der Waals surface area contributed by atoms with Gasteiger partial charge in [-0.05, 0) is 30.5 Å². The molecular weight excluding hydrogens is 188 g/mol. The fourth-order valence-corrected chi connectivity index (χ4v) is 1.21. The second-order valence-electron chi connectivity index (χ2n) is 4.16. The van der Waals surface area contributed by atoms with Crippen molar-refractivity contribution in [2.24, 2.45) is 11.8 Å². The van der Waals surface area contributed by atoms with Crippen molar-refractivity contribution in [2.75, 3.05) is 6.61 Å². The van der Waals surface area contributed by atoms with Crippen molar-refractivity contribution in [2.45, 2.75) is 26.8 Å². The van der Waals surface area contributed by atoms with Crippen molar-refractivity contribution < 1.29 is 4.74 Å². The van der Waals surface area contributed by atoms with Crippen molar-refractivity contribution in [1.82, 2.24) is 5.43 Å². The molecule has 0 aromatic heterocycles. The summed E-state index contributed by atoms with van der Waals surface area (Å²) in [5, 5.41) is 0. The number of ether oxygens (including phenoxy) is 1. The topological polar surface area (TPSA) is 47.3 Å². The lowest BCUT2D eigenvalue weighted by Crippen LogP contribution is -2.25. The Morgan fingerprint density at radius 3 is 2.27 bits per heavy atom. The third-order valence-electron chi connectivity index (χ3n) is 2.21. The van der Waals surface area contributed by atoms with Gasteiger partial charge in [0.25, 0.3) is 0 Å². The minimum absolute atomic E-state index is 0.171. The van der Waals surface area contributed by atoms with Crippen LogP contribution >= 0.6 is 0 Å². The maximum Gasteiger partial charge on any atom is 0.119 e. The highest BCUT2D eigenvalue weighted by atomic mass is 16.5. The van der Waals surface area contributed by atoms with Crippen LogP contribution in [-0.4, -0.2) is 6.61 Å². The minimum Gasteiger partial charge on any atom is -0.493 e. The predicted molar refractivity (Wildman–Crippen MR) is 62.5 cm³/mol. The van der Waals surface area contributed by atoms with Gasteiger partial charge in [0.15, 0.2) is 0 Å². The summed E-state index contributed by atoms with van der Waals surface area (Å²) in [6.07, 6.45) is 0. The Labute approximate surface area is 91.6 Å². The van der Waals surface area contributed by atoms with E-state index in [0.717, 1.165) is 17.9 Å². The quantitative estimate of drug-likeness (QED) is 0.576. The zero-order chi connectivity index (χ0) is 11.3. The van der Waals surface area contributed by atoms with E-state index in [9.17, 15) is 0 Å². The minimum atomic E-state index is 0.171. The van der Waals surface area contributed by atoms with E-state index >= 15 is 0 Å². The van der Waals surface area contributed by atoms with Gasteiger partial charge in [-0.15, -0.1) is 0 Å². The van der Waals surface area contributed by atoms with Gasteiger partial charge >= 0.3 is 0 Å². The fourth-order valence-electron chi connectivity index (χ4n) is 1.21. The molecule has 84 valence electrons. The number of benzene rings is 1. The number of hydrogen-bond acceptors (Lipinski definition) is 3. The molecule has 15 heavy (non-hydrogen) atoms. The molecule has 0 heterocycles. The van der Waals surface area contributed by atoms with Crippen LogP contribution < -0.4 is 16.0 Å². The first-order valence-corrected chi connectivity index (χ1v) is 5.32. The highest BCUT2D eigenvalue weighted by molar-refractivity contribution is 5.28. The summed E-state index contributed by atoms with van der Waals surface area (Å²) < 4.78 is 5.58. The van der Waals surface area contributed by atoms with Gasteiger partial charge in [0.05, 0.1) is 6.61 Å². The van der Waals surface area contributed by atoms with E-state index in [1.807, 2.05) is 31.2 Å². The largest absolute Gasteiger partial charge is 0.493 e. The van der Waals surface area contributed by atoms with Gasteiger partial charge in [-0.3, -0.25) is 11.3 Å². The lowest BCUT2D eigenvalue weighted by molar-refractivity contribution is 0.271.